The molecule has 0 spiro atoms. The SMILES string of the molecule is Cc1ccc([C@H](CN2CCOCC2)NC(=O)C2CCN(S(=O)(=O)c3c(C)noc3C)CC2)cc1. The summed E-state index contributed by atoms with van der Waals surface area (Å²) < 4.78 is 38.1. The molecule has 34 heavy (non-hydrogen) atoms. The number of morpholine rings is 1. The van der Waals surface area contributed by atoms with Crippen molar-refractivity contribution in [3.8, 4) is 0 Å². The number of nitrogens with zero attached hydrogens (tertiary/aromatic N) is 3. The van der Waals surface area contributed by atoms with Crippen molar-refractivity contribution in [3.05, 3.63) is 46.8 Å². The molecule has 2 aliphatic rings. The van der Waals surface area contributed by atoms with E-state index in [-0.39, 0.29) is 22.8 Å². The van der Waals surface area contributed by atoms with Crippen LogP contribution in [0.15, 0.2) is 33.7 Å². The molecule has 0 bridgehead atoms. The van der Waals surface area contributed by atoms with Crippen LogP contribution < -0.4 is 5.32 Å². The number of hydrogen-bond acceptors (Lipinski definition) is 7. The van der Waals surface area contributed by atoms with Crippen molar-refractivity contribution in [2.75, 3.05) is 45.9 Å². The highest BCUT2D eigenvalue weighted by Gasteiger charge is 2.36. The number of sulfonamides is 1. The molecule has 1 aromatic heterocycles. The van der Waals surface area contributed by atoms with Gasteiger partial charge in [0.15, 0.2) is 5.76 Å². The highest BCUT2D eigenvalue weighted by atomic mass is 32.2. The molecule has 0 saturated carbocycles. The number of aryl methyl sites for hydroxylation is 3. The predicted molar refractivity (Wildman–Crippen MR) is 127 cm³/mol. The highest BCUT2D eigenvalue weighted by Crippen LogP contribution is 2.28. The first-order valence-corrected chi connectivity index (χ1v) is 13.3. The molecule has 2 saturated heterocycles. The summed E-state index contributed by atoms with van der Waals surface area (Å²) in [5.74, 6) is 0.0448. The van der Waals surface area contributed by atoms with E-state index in [1.165, 1.54) is 9.87 Å². The van der Waals surface area contributed by atoms with Gasteiger partial charge in [-0.3, -0.25) is 9.69 Å². The van der Waals surface area contributed by atoms with Crippen LogP contribution in [0.25, 0.3) is 0 Å². The Morgan fingerprint density at radius 3 is 2.32 bits per heavy atom. The maximum atomic E-state index is 13.2. The van der Waals surface area contributed by atoms with Crippen molar-refractivity contribution in [2.24, 2.45) is 5.92 Å². The van der Waals surface area contributed by atoms with Crippen LogP contribution in [0.5, 0.6) is 0 Å². The van der Waals surface area contributed by atoms with Gasteiger partial charge in [0.1, 0.15) is 10.6 Å². The molecular weight excluding hydrogens is 456 g/mol. The first-order chi connectivity index (χ1) is 16.3. The minimum absolute atomic E-state index is 0.0202. The van der Waals surface area contributed by atoms with E-state index in [4.69, 9.17) is 9.26 Å². The Labute approximate surface area is 201 Å². The standard InChI is InChI=1S/C24H34N4O5S/c1-17-4-6-20(7-5-17)22(16-27-12-14-32-15-13-27)25-24(29)21-8-10-28(11-9-21)34(30,31)23-18(2)26-33-19(23)3/h4-7,21-22H,8-16H2,1-3H3,(H,25,29)/t22-/m0/s1. The Morgan fingerprint density at radius 1 is 1.09 bits per heavy atom. The van der Waals surface area contributed by atoms with E-state index in [1.54, 1.807) is 13.8 Å². The van der Waals surface area contributed by atoms with Crippen LogP contribution in [-0.2, 0) is 19.6 Å². The zero-order valence-electron chi connectivity index (χ0n) is 20.1. The van der Waals surface area contributed by atoms with Gasteiger partial charge >= 0.3 is 0 Å². The molecule has 10 heteroatoms. The molecule has 0 radical (unpaired) electrons. The molecule has 9 nitrogen and oxygen atoms in total. The maximum absolute atomic E-state index is 13.2. The third kappa shape index (κ3) is 5.51. The predicted octanol–water partition coefficient (Wildman–Crippen LogP) is 2.19. The number of carbonyl (C=O) groups excluding carboxylic acids is 1. The number of hydrogen-bond donors (Lipinski definition) is 1. The summed E-state index contributed by atoms with van der Waals surface area (Å²) in [4.78, 5) is 15.7. The fourth-order valence-electron chi connectivity index (χ4n) is 4.69. The van der Waals surface area contributed by atoms with Crippen molar-refractivity contribution in [3.63, 3.8) is 0 Å². The lowest BCUT2D eigenvalue weighted by molar-refractivity contribution is -0.127. The van der Waals surface area contributed by atoms with Gasteiger partial charge in [-0.1, -0.05) is 35.0 Å². The van der Waals surface area contributed by atoms with Crippen LogP contribution in [0.2, 0.25) is 0 Å². The number of amides is 1. The van der Waals surface area contributed by atoms with Crippen molar-refractivity contribution in [2.45, 2.75) is 44.6 Å². The van der Waals surface area contributed by atoms with Crippen LogP contribution in [0, 0.1) is 26.7 Å². The first kappa shape index (κ1) is 24.8. The molecule has 1 atom stereocenters. The maximum Gasteiger partial charge on any atom is 0.248 e. The van der Waals surface area contributed by atoms with Gasteiger partial charge in [0.2, 0.25) is 15.9 Å². The number of nitrogens with one attached hydrogen (secondary N) is 1. The zero-order chi connectivity index (χ0) is 24.3. The van der Waals surface area contributed by atoms with Gasteiger partial charge in [0.05, 0.1) is 19.3 Å². The largest absolute Gasteiger partial charge is 0.379 e. The highest BCUT2D eigenvalue weighted by molar-refractivity contribution is 7.89. The van der Waals surface area contributed by atoms with E-state index in [0.717, 1.165) is 25.2 Å². The molecule has 1 aromatic carbocycles. The third-order valence-electron chi connectivity index (χ3n) is 6.73. The number of ether oxygens (including phenoxy) is 1. The van der Waals surface area contributed by atoms with E-state index in [1.807, 2.05) is 6.92 Å². The molecule has 3 heterocycles. The molecule has 2 fully saturated rings. The van der Waals surface area contributed by atoms with Gasteiger partial charge in [-0.15, -0.1) is 0 Å². The first-order valence-electron chi connectivity index (χ1n) is 11.9. The summed E-state index contributed by atoms with van der Waals surface area (Å²) >= 11 is 0. The Balaban J connectivity index is 1.41. The molecule has 2 aliphatic heterocycles. The molecule has 0 aliphatic carbocycles. The number of rotatable bonds is 7. The fraction of sp³-hybridized carbons (Fsp3) is 0.583. The van der Waals surface area contributed by atoms with E-state index >= 15 is 0 Å². The van der Waals surface area contributed by atoms with Crippen LogP contribution in [0.4, 0.5) is 0 Å². The molecule has 0 unspecified atom stereocenters. The summed E-state index contributed by atoms with van der Waals surface area (Å²) in [5, 5.41) is 7.03. The van der Waals surface area contributed by atoms with E-state index in [9.17, 15) is 13.2 Å². The van der Waals surface area contributed by atoms with Crippen LogP contribution >= 0.6 is 0 Å². The van der Waals surface area contributed by atoms with Crippen LogP contribution in [0.3, 0.4) is 0 Å². The number of piperidine rings is 1. The minimum atomic E-state index is -3.69. The fourth-order valence-corrected chi connectivity index (χ4v) is 6.46. The van der Waals surface area contributed by atoms with Gasteiger partial charge in [-0.25, -0.2) is 8.42 Å². The summed E-state index contributed by atoms with van der Waals surface area (Å²) in [5.41, 5.74) is 2.61. The second kappa shape index (κ2) is 10.6. The Hall–Kier alpha value is -2.27. The van der Waals surface area contributed by atoms with Crippen molar-refractivity contribution in [1.82, 2.24) is 19.7 Å². The normalized spacial score (nSPS) is 19.7. The van der Waals surface area contributed by atoms with Gasteiger partial charge < -0.3 is 14.6 Å². The smallest absolute Gasteiger partial charge is 0.248 e. The van der Waals surface area contributed by atoms with E-state index in [2.05, 4.69) is 39.6 Å². The molecule has 4 rings (SSSR count). The Morgan fingerprint density at radius 2 is 1.74 bits per heavy atom. The van der Waals surface area contributed by atoms with Crippen molar-refractivity contribution >= 4 is 15.9 Å². The van der Waals surface area contributed by atoms with Crippen molar-refractivity contribution in [1.29, 1.82) is 0 Å². The second-order valence-corrected chi connectivity index (χ2v) is 11.1. The van der Waals surface area contributed by atoms with E-state index in [0.29, 0.717) is 50.6 Å². The van der Waals surface area contributed by atoms with Gasteiger partial charge in [-0.2, -0.15) is 4.31 Å². The summed E-state index contributed by atoms with van der Waals surface area (Å²) in [6, 6.07) is 8.13. The molecule has 1 amide bonds. The summed E-state index contributed by atoms with van der Waals surface area (Å²) in [6.07, 6.45) is 0.958. The summed E-state index contributed by atoms with van der Waals surface area (Å²) in [6.45, 7) is 9.68. The molecule has 2 aromatic rings. The van der Waals surface area contributed by atoms with Crippen LogP contribution in [0.1, 0.15) is 41.5 Å². The molecular formula is C24H34N4O5S. The Bertz CT molecular complexity index is 1070. The summed E-state index contributed by atoms with van der Waals surface area (Å²) in [7, 11) is -3.69. The minimum Gasteiger partial charge on any atom is -0.379 e. The third-order valence-corrected chi connectivity index (χ3v) is 8.87. The average Bonchev–Trinajstić information content (AvgIpc) is 3.18. The van der Waals surface area contributed by atoms with E-state index < -0.39 is 10.0 Å². The average molecular weight is 491 g/mol. The topological polar surface area (TPSA) is 105 Å². The molecule has 186 valence electrons. The quantitative estimate of drug-likeness (QED) is 0.634. The van der Waals surface area contributed by atoms with Gasteiger partial charge in [-0.05, 0) is 39.2 Å². The number of carbonyl (C=O) groups is 1. The van der Waals surface area contributed by atoms with Crippen molar-refractivity contribution < 1.29 is 22.5 Å². The lowest BCUT2D eigenvalue weighted by atomic mass is 9.96. The van der Waals surface area contributed by atoms with Gasteiger partial charge in [0.25, 0.3) is 0 Å². The van der Waals surface area contributed by atoms with Gasteiger partial charge in [0, 0.05) is 38.6 Å². The monoisotopic (exact) mass is 490 g/mol. The lowest BCUT2D eigenvalue weighted by Gasteiger charge is -2.34. The molecule has 1 N–H and O–H groups in total. The zero-order valence-corrected chi connectivity index (χ0v) is 20.9. The lowest BCUT2D eigenvalue weighted by Crippen LogP contribution is -2.46. The number of aromatic nitrogens is 1. The Kier molecular flexibility index (Phi) is 7.71. The van der Waals surface area contributed by atoms with Crippen LogP contribution in [-0.4, -0.2) is 74.6 Å². The second-order valence-electron chi connectivity index (χ2n) is 9.22. The number of benzene rings is 1.